The molecular weight excluding hydrogens is 395 g/mol. The van der Waals surface area contributed by atoms with Crippen molar-refractivity contribution in [3.63, 3.8) is 0 Å². The predicted molar refractivity (Wildman–Crippen MR) is 127 cm³/mol. The molecule has 4 aromatic rings. The number of halogens is 1. The van der Waals surface area contributed by atoms with Gasteiger partial charge in [-0.15, -0.1) is 0 Å². The van der Waals surface area contributed by atoms with E-state index in [0.717, 1.165) is 0 Å². The standard InChI is InChI=1S/C26H22ClOP/c27-25-19-11-10-18-24(25)26(28)20-29(21-12-4-1-5-13-21,22-14-6-2-7-15-22)23-16-8-3-9-17-23/h1-19,29H,20H2. The molecule has 0 aliphatic rings. The number of carbonyl (C=O) groups excluding carboxylic acids is 1. The zero-order valence-corrected chi connectivity index (χ0v) is 17.7. The molecule has 0 aliphatic heterocycles. The van der Waals surface area contributed by atoms with Crippen molar-refractivity contribution in [3.05, 3.63) is 126 Å². The van der Waals surface area contributed by atoms with Crippen LogP contribution >= 0.6 is 18.9 Å². The molecular formula is C26H22ClOP. The molecule has 0 aromatic heterocycles. The van der Waals surface area contributed by atoms with Crippen LogP contribution in [0.5, 0.6) is 0 Å². The number of benzene rings is 4. The van der Waals surface area contributed by atoms with E-state index in [4.69, 9.17) is 11.6 Å². The van der Waals surface area contributed by atoms with Crippen LogP contribution in [0, 0.1) is 0 Å². The summed E-state index contributed by atoms with van der Waals surface area (Å²) in [4.78, 5) is 13.6. The van der Waals surface area contributed by atoms with Crippen LogP contribution in [-0.2, 0) is 0 Å². The summed E-state index contributed by atoms with van der Waals surface area (Å²) in [5.41, 5.74) is 0.592. The monoisotopic (exact) mass is 416 g/mol. The third kappa shape index (κ3) is 3.90. The van der Waals surface area contributed by atoms with Crippen molar-refractivity contribution in [2.45, 2.75) is 0 Å². The normalized spacial score (nSPS) is 11.8. The molecule has 0 heterocycles. The molecule has 1 nitrogen and oxygen atoms in total. The van der Waals surface area contributed by atoms with Crippen LogP contribution in [0.3, 0.4) is 0 Å². The van der Waals surface area contributed by atoms with Crippen molar-refractivity contribution < 1.29 is 4.79 Å². The Morgan fingerprint density at radius 2 is 0.966 bits per heavy atom. The molecule has 29 heavy (non-hydrogen) atoms. The van der Waals surface area contributed by atoms with E-state index in [9.17, 15) is 4.79 Å². The number of hydrogen-bond donors (Lipinski definition) is 0. The molecule has 144 valence electrons. The van der Waals surface area contributed by atoms with Crippen molar-refractivity contribution >= 4 is 40.6 Å². The zero-order valence-electron chi connectivity index (χ0n) is 16.0. The molecule has 0 aliphatic carbocycles. The number of ketones is 1. The van der Waals surface area contributed by atoms with Crippen molar-refractivity contribution in [2.75, 3.05) is 6.16 Å². The van der Waals surface area contributed by atoms with Gasteiger partial charge in [-0.1, -0.05) is 0 Å². The van der Waals surface area contributed by atoms with E-state index < -0.39 is 7.26 Å². The summed E-state index contributed by atoms with van der Waals surface area (Å²) in [7, 11) is -2.60. The SMILES string of the molecule is O=C(C[PH](c1ccccc1)(c1ccccc1)c1ccccc1)c1ccccc1Cl. The van der Waals surface area contributed by atoms with E-state index in [1.807, 2.05) is 36.4 Å². The third-order valence-corrected chi connectivity index (χ3v) is 10.5. The van der Waals surface area contributed by atoms with E-state index in [1.54, 1.807) is 6.07 Å². The van der Waals surface area contributed by atoms with E-state index >= 15 is 0 Å². The maximum absolute atomic E-state index is 13.6. The third-order valence-electron chi connectivity index (χ3n) is 5.40. The van der Waals surface area contributed by atoms with Crippen LogP contribution in [0.4, 0.5) is 0 Å². The van der Waals surface area contributed by atoms with Gasteiger partial charge in [0.15, 0.2) is 0 Å². The van der Waals surface area contributed by atoms with Gasteiger partial charge in [-0.3, -0.25) is 0 Å². The van der Waals surface area contributed by atoms with E-state index in [1.165, 1.54) is 15.9 Å². The summed E-state index contributed by atoms with van der Waals surface area (Å²) in [6.45, 7) is 0. The first kappa shape index (κ1) is 19.6. The molecule has 0 saturated carbocycles. The summed E-state index contributed by atoms with van der Waals surface area (Å²) in [6.07, 6.45) is 0.425. The van der Waals surface area contributed by atoms with Gasteiger partial charge < -0.3 is 0 Å². The molecule has 0 radical (unpaired) electrons. The number of rotatable bonds is 6. The maximum atomic E-state index is 13.6. The second-order valence-electron chi connectivity index (χ2n) is 7.08. The van der Waals surface area contributed by atoms with Gasteiger partial charge >= 0.3 is 177 Å². The summed E-state index contributed by atoms with van der Waals surface area (Å²) in [6, 6.07) is 38.7. The average Bonchev–Trinajstić information content (AvgIpc) is 2.79. The van der Waals surface area contributed by atoms with Crippen LogP contribution in [0.15, 0.2) is 115 Å². The Balaban J connectivity index is 1.95. The van der Waals surface area contributed by atoms with Crippen molar-refractivity contribution in [3.8, 4) is 0 Å². The molecule has 0 atom stereocenters. The minimum atomic E-state index is -2.60. The molecule has 0 N–H and O–H groups in total. The number of Topliss-reactive ketones (excluding diaryl/α,β-unsaturated/α-hetero) is 1. The first-order chi connectivity index (χ1) is 14.2. The summed E-state index contributed by atoms with van der Waals surface area (Å²) in [5, 5.41) is 4.17. The van der Waals surface area contributed by atoms with Crippen molar-refractivity contribution in [1.29, 1.82) is 0 Å². The molecule has 0 fully saturated rings. The summed E-state index contributed by atoms with van der Waals surface area (Å²) >= 11 is 6.38. The molecule has 3 heteroatoms. The molecule has 4 aromatic carbocycles. The first-order valence-electron chi connectivity index (χ1n) is 9.66. The number of hydrogen-bond acceptors (Lipinski definition) is 1. The Kier molecular flexibility index (Phi) is 5.90. The van der Waals surface area contributed by atoms with Crippen LogP contribution in [0.2, 0.25) is 5.02 Å². The van der Waals surface area contributed by atoms with Crippen LogP contribution < -0.4 is 15.9 Å². The Hall–Kier alpha value is -2.73. The van der Waals surface area contributed by atoms with Gasteiger partial charge in [0, 0.05) is 0 Å². The average molecular weight is 417 g/mol. The second-order valence-corrected chi connectivity index (χ2v) is 11.4. The quantitative estimate of drug-likeness (QED) is 0.310. The van der Waals surface area contributed by atoms with Gasteiger partial charge in [0.2, 0.25) is 0 Å². The fourth-order valence-electron chi connectivity index (χ4n) is 4.00. The van der Waals surface area contributed by atoms with E-state index in [0.29, 0.717) is 16.7 Å². The number of carbonyl (C=O) groups is 1. The molecule has 0 unspecified atom stereocenters. The van der Waals surface area contributed by atoms with Gasteiger partial charge in [-0.05, 0) is 0 Å². The van der Waals surface area contributed by atoms with Gasteiger partial charge in [0.25, 0.3) is 0 Å². The topological polar surface area (TPSA) is 17.1 Å². The van der Waals surface area contributed by atoms with Crippen molar-refractivity contribution in [2.24, 2.45) is 0 Å². The Morgan fingerprint density at radius 3 is 1.38 bits per heavy atom. The van der Waals surface area contributed by atoms with Gasteiger partial charge in [0.05, 0.1) is 0 Å². The first-order valence-corrected chi connectivity index (χ1v) is 12.2. The van der Waals surface area contributed by atoms with Crippen molar-refractivity contribution in [1.82, 2.24) is 0 Å². The van der Waals surface area contributed by atoms with Gasteiger partial charge in [0.1, 0.15) is 0 Å². The van der Waals surface area contributed by atoms with Gasteiger partial charge in [-0.25, -0.2) is 0 Å². The Labute approximate surface area is 177 Å². The van der Waals surface area contributed by atoms with Crippen LogP contribution in [-0.4, -0.2) is 11.9 Å². The van der Waals surface area contributed by atoms with Gasteiger partial charge in [-0.2, -0.15) is 0 Å². The molecule has 4 rings (SSSR count). The second kappa shape index (κ2) is 8.74. The fraction of sp³-hybridized carbons (Fsp3) is 0.0385. The molecule has 0 amide bonds. The van der Waals surface area contributed by atoms with Crippen LogP contribution in [0.25, 0.3) is 0 Å². The predicted octanol–water partition coefficient (Wildman–Crippen LogP) is 5.25. The minimum absolute atomic E-state index is 0.0822. The molecule has 0 spiro atoms. The molecule has 0 bridgehead atoms. The van der Waals surface area contributed by atoms with Crippen LogP contribution in [0.1, 0.15) is 10.4 Å². The van der Waals surface area contributed by atoms with E-state index in [-0.39, 0.29) is 5.78 Å². The Bertz CT molecular complexity index is 998. The Morgan fingerprint density at radius 1 is 0.586 bits per heavy atom. The zero-order chi connectivity index (χ0) is 20.1. The summed E-state index contributed by atoms with van der Waals surface area (Å²) < 4.78 is 0. The summed E-state index contributed by atoms with van der Waals surface area (Å²) in [5.74, 6) is 0.0822. The fourth-order valence-corrected chi connectivity index (χ4v) is 8.81. The van der Waals surface area contributed by atoms with E-state index in [2.05, 4.69) is 72.8 Å². The molecule has 0 saturated heterocycles.